The van der Waals surface area contributed by atoms with Crippen LogP contribution in [0.15, 0.2) is 42.5 Å². The largest absolute Gasteiger partial charge is 0.383 e. The number of aryl methyl sites for hydroxylation is 1. The summed E-state index contributed by atoms with van der Waals surface area (Å²) >= 11 is 0. The molecule has 7 nitrogen and oxygen atoms in total. The number of fused-ring (bicyclic) bond motifs is 2. The van der Waals surface area contributed by atoms with Gasteiger partial charge in [0, 0.05) is 31.5 Å². The highest BCUT2D eigenvalue weighted by molar-refractivity contribution is 5.94. The number of anilines is 2. The molecular formula is C20H22N4O3. The molecular weight excluding hydrogens is 344 g/mol. The zero-order chi connectivity index (χ0) is 18.8. The van der Waals surface area contributed by atoms with E-state index in [9.17, 15) is 4.79 Å². The van der Waals surface area contributed by atoms with Crippen LogP contribution < -0.4 is 10.4 Å². The number of amides is 1. The molecule has 0 unspecified atom stereocenters. The van der Waals surface area contributed by atoms with Gasteiger partial charge in [-0.05, 0) is 48.7 Å². The van der Waals surface area contributed by atoms with Crippen molar-refractivity contribution in [1.29, 1.82) is 0 Å². The predicted molar refractivity (Wildman–Crippen MR) is 103 cm³/mol. The average Bonchev–Trinajstić information content (AvgIpc) is 3.09. The Hall–Kier alpha value is -2.90. The summed E-state index contributed by atoms with van der Waals surface area (Å²) in [5.41, 5.74) is 6.30. The van der Waals surface area contributed by atoms with Crippen molar-refractivity contribution in [2.45, 2.75) is 19.4 Å². The highest BCUT2D eigenvalue weighted by Gasteiger charge is 2.24. The van der Waals surface area contributed by atoms with Crippen LogP contribution in [0.1, 0.15) is 22.3 Å². The van der Waals surface area contributed by atoms with Crippen LogP contribution in [0.3, 0.4) is 0 Å². The molecule has 27 heavy (non-hydrogen) atoms. The molecule has 2 N–H and O–H groups in total. The first-order valence-electron chi connectivity index (χ1n) is 9.02. The fourth-order valence-corrected chi connectivity index (χ4v) is 3.68. The number of aromatic nitrogens is 2. The molecule has 0 saturated carbocycles. The van der Waals surface area contributed by atoms with E-state index < -0.39 is 5.91 Å². The molecule has 1 aliphatic rings. The van der Waals surface area contributed by atoms with Gasteiger partial charge < -0.3 is 14.2 Å². The van der Waals surface area contributed by atoms with Gasteiger partial charge in [0.15, 0.2) is 0 Å². The molecule has 0 radical (unpaired) electrons. The second-order valence-corrected chi connectivity index (χ2v) is 6.58. The van der Waals surface area contributed by atoms with Crippen LogP contribution >= 0.6 is 0 Å². The SMILES string of the molecule is COCCn1c(N2CCCc3cc(C(=O)NO)ccc32)nc2ccccc21. The van der Waals surface area contributed by atoms with Gasteiger partial charge in [-0.25, -0.2) is 10.5 Å². The summed E-state index contributed by atoms with van der Waals surface area (Å²) in [6, 6.07) is 13.6. The van der Waals surface area contributed by atoms with Crippen LogP contribution in [-0.4, -0.2) is 40.9 Å². The molecule has 2 heterocycles. The maximum Gasteiger partial charge on any atom is 0.274 e. The molecule has 0 atom stereocenters. The molecule has 0 saturated heterocycles. The Morgan fingerprint density at radius 3 is 2.96 bits per heavy atom. The summed E-state index contributed by atoms with van der Waals surface area (Å²) in [7, 11) is 1.70. The van der Waals surface area contributed by atoms with Crippen molar-refractivity contribution in [3.05, 3.63) is 53.6 Å². The quantitative estimate of drug-likeness (QED) is 0.536. The van der Waals surface area contributed by atoms with Crippen LogP contribution in [-0.2, 0) is 17.7 Å². The second-order valence-electron chi connectivity index (χ2n) is 6.58. The maximum absolute atomic E-state index is 11.7. The number of rotatable bonds is 5. The van der Waals surface area contributed by atoms with Crippen LogP contribution in [0.2, 0.25) is 0 Å². The van der Waals surface area contributed by atoms with Crippen molar-refractivity contribution in [2.75, 3.05) is 25.2 Å². The van der Waals surface area contributed by atoms with Crippen LogP contribution in [0.25, 0.3) is 11.0 Å². The molecule has 7 heteroatoms. The molecule has 3 aromatic rings. The number of nitrogens with one attached hydrogen (secondary N) is 1. The summed E-state index contributed by atoms with van der Waals surface area (Å²) in [6.45, 7) is 2.17. The van der Waals surface area contributed by atoms with Crippen molar-refractivity contribution in [1.82, 2.24) is 15.0 Å². The minimum Gasteiger partial charge on any atom is -0.383 e. The lowest BCUT2D eigenvalue weighted by Crippen LogP contribution is -2.28. The van der Waals surface area contributed by atoms with Gasteiger partial charge in [-0.3, -0.25) is 10.0 Å². The Bertz CT molecular complexity index is 983. The van der Waals surface area contributed by atoms with Crippen LogP contribution in [0.5, 0.6) is 0 Å². The number of nitrogens with zero attached hydrogens (tertiary/aromatic N) is 3. The number of hydrogen-bond acceptors (Lipinski definition) is 5. The van der Waals surface area contributed by atoms with E-state index in [1.54, 1.807) is 18.7 Å². The fraction of sp³-hybridized carbons (Fsp3) is 0.300. The molecule has 1 amide bonds. The summed E-state index contributed by atoms with van der Waals surface area (Å²) < 4.78 is 7.48. The molecule has 0 bridgehead atoms. The highest BCUT2D eigenvalue weighted by atomic mass is 16.5. The Balaban J connectivity index is 1.80. The van der Waals surface area contributed by atoms with Crippen LogP contribution in [0.4, 0.5) is 11.6 Å². The highest BCUT2D eigenvalue weighted by Crippen LogP contribution is 2.35. The first-order valence-corrected chi connectivity index (χ1v) is 9.02. The van der Waals surface area contributed by atoms with E-state index in [1.165, 1.54) is 0 Å². The molecule has 4 rings (SSSR count). The standard InChI is InChI=1S/C20H22N4O3/c1-27-12-11-24-18-7-3-2-6-16(18)21-20(24)23-10-4-5-14-13-15(19(25)22-26)8-9-17(14)23/h2-3,6-9,13,26H,4-5,10-12H2,1H3,(H,22,25). The van der Waals surface area contributed by atoms with Gasteiger partial charge in [0.25, 0.3) is 5.91 Å². The Labute approximate surface area is 157 Å². The minimum atomic E-state index is -0.498. The van der Waals surface area contributed by atoms with E-state index in [1.807, 2.05) is 30.3 Å². The van der Waals surface area contributed by atoms with E-state index in [2.05, 4.69) is 15.5 Å². The third kappa shape index (κ3) is 3.15. The number of carbonyl (C=O) groups is 1. The van der Waals surface area contributed by atoms with Gasteiger partial charge in [0.2, 0.25) is 5.95 Å². The lowest BCUT2D eigenvalue weighted by molar-refractivity contribution is 0.0706. The summed E-state index contributed by atoms with van der Waals surface area (Å²) in [5.74, 6) is 0.385. The first-order chi connectivity index (χ1) is 13.2. The lowest BCUT2D eigenvalue weighted by Gasteiger charge is -2.31. The molecule has 0 aliphatic carbocycles. The number of para-hydroxylation sites is 2. The van der Waals surface area contributed by atoms with Crippen molar-refractivity contribution < 1.29 is 14.7 Å². The zero-order valence-electron chi connectivity index (χ0n) is 15.2. The molecule has 1 aromatic heterocycles. The van der Waals surface area contributed by atoms with Crippen molar-refractivity contribution in [3.8, 4) is 0 Å². The third-order valence-corrected chi connectivity index (χ3v) is 4.96. The third-order valence-electron chi connectivity index (χ3n) is 4.96. The molecule has 1 aliphatic heterocycles. The normalized spacial score (nSPS) is 13.6. The molecule has 140 valence electrons. The van der Waals surface area contributed by atoms with Crippen molar-refractivity contribution >= 4 is 28.6 Å². The maximum atomic E-state index is 11.7. The van der Waals surface area contributed by atoms with E-state index in [0.717, 1.165) is 47.6 Å². The lowest BCUT2D eigenvalue weighted by atomic mass is 9.99. The monoisotopic (exact) mass is 366 g/mol. The number of methoxy groups -OCH3 is 1. The second kappa shape index (κ2) is 7.38. The Morgan fingerprint density at radius 2 is 2.15 bits per heavy atom. The first kappa shape index (κ1) is 17.5. The summed E-state index contributed by atoms with van der Waals surface area (Å²) in [4.78, 5) is 18.8. The number of benzene rings is 2. The van der Waals surface area contributed by atoms with E-state index in [-0.39, 0.29) is 0 Å². The summed E-state index contributed by atoms with van der Waals surface area (Å²) in [5, 5.41) is 8.89. The predicted octanol–water partition coefficient (Wildman–Crippen LogP) is 2.89. The zero-order valence-corrected chi connectivity index (χ0v) is 15.2. The van der Waals surface area contributed by atoms with Gasteiger partial charge >= 0.3 is 0 Å². The van der Waals surface area contributed by atoms with Gasteiger partial charge in [-0.2, -0.15) is 0 Å². The summed E-state index contributed by atoms with van der Waals surface area (Å²) in [6.07, 6.45) is 1.85. The number of imidazole rings is 1. The van der Waals surface area contributed by atoms with Gasteiger partial charge in [-0.1, -0.05) is 12.1 Å². The Morgan fingerprint density at radius 1 is 1.30 bits per heavy atom. The van der Waals surface area contributed by atoms with Gasteiger partial charge in [0.05, 0.1) is 17.6 Å². The molecule has 0 fully saturated rings. The smallest absolute Gasteiger partial charge is 0.274 e. The van der Waals surface area contributed by atoms with Gasteiger partial charge in [-0.15, -0.1) is 0 Å². The number of hydrogen-bond donors (Lipinski definition) is 2. The van der Waals surface area contributed by atoms with Gasteiger partial charge in [0.1, 0.15) is 0 Å². The number of hydroxylamine groups is 1. The molecule has 0 spiro atoms. The minimum absolute atomic E-state index is 0.450. The topological polar surface area (TPSA) is 79.6 Å². The number of ether oxygens (including phenoxy) is 1. The molecule has 2 aromatic carbocycles. The van der Waals surface area contributed by atoms with E-state index in [0.29, 0.717) is 18.7 Å². The number of carbonyl (C=O) groups excluding carboxylic acids is 1. The van der Waals surface area contributed by atoms with E-state index >= 15 is 0 Å². The van der Waals surface area contributed by atoms with Crippen molar-refractivity contribution in [3.63, 3.8) is 0 Å². The van der Waals surface area contributed by atoms with Crippen molar-refractivity contribution in [2.24, 2.45) is 0 Å². The Kier molecular flexibility index (Phi) is 4.79. The van der Waals surface area contributed by atoms with Crippen LogP contribution in [0, 0.1) is 0 Å². The fourth-order valence-electron chi connectivity index (χ4n) is 3.68. The average molecular weight is 366 g/mol. The van der Waals surface area contributed by atoms with E-state index in [4.69, 9.17) is 14.9 Å².